The summed E-state index contributed by atoms with van der Waals surface area (Å²) >= 11 is 6.26. The summed E-state index contributed by atoms with van der Waals surface area (Å²) < 4.78 is 46.9. The van der Waals surface area contributed by atoms with Gasteiger partial charge >= 0.3 is 0 Å². The molecule has 1 atom stereocenters. The molecule has 4 rings (SSSR count). The molecular weight excluding hydrogens is 443 g/mol. The van der Waals surface area contributed by atoms with Gasteiger partial charge in [0.1, 0.15) is 30.7 Å². The van der Waals surface area contributed by atoms with E-state index in [0.29, 0.717) is 35.7 Å². The van der Waals surface area contributed by atoms with Crippen molar-refractivity contribution in [3.8, 4) is 17.0 Å². The predicted octanol–water partition coefficient (Wildman–Crippen LogP) is 5.13. The number of aromatic nitrogens is 2. The summed E-state index contributed by atoms with van der Waals surface area (Å²) in [6.45, 7) is 1.46. The number of nitrogens with zero attached hydrogens (tertiary/aromatic N) is 3. The summed E-state index contributed by atoms with van der Waals surface area (Å²) in [6.07, 6.45) is 0.461. The van der Waals surface area contributed by atoms with Crippen LogP contribution >= 0.6 is 11.6 Å². The van der Waals surface area contributed by atoms with Gasteiger partial charge in [0.15, 0.2) is 0 Å². The van der Waals surface area contributed by atoms with Gasteiger partial charge in [0.25, 0.3) is 5.91 Å². The van der Waals surface area contributed by atoms with Crippen molar-refractivity contribution in [2.45, 2.75) is 19.4 Å². The Morgan fingerprint density at radius 1 is 1.22 bits per heavy atom. The van der Waals surface area contributed by atoms with Gasteiger partial charge in [0.05, 0.1) is 28.0 Å². The first-order valence-electron chi connectivity index (χ1n) is 10.1. The van der Waals surface area contributed by atoms with Crippen LogP contribution in [0.2, 0.25) is 5.02 Å². The topological polar surface area (TPSA) is 47.4 Å². The lowest BCUT2D eigenvalue weighted by Gasteiger charge is -2.33. The smallest absolute Gasteiger partial charge is 0.256 e. The van der Waals surface area contributed by atoms with Crippen molar-refractivity contribution in [1.82, 2.24) is 14.7 Å². The second-order valence-corrected chi connectivity index (χ2v) is 8.00. The molecule has 1 aliphatic heterocycles. The minimum absolute atomic E-state index is 0.115. The van der Waals surface area contributed by atoms with E-state index < -0.39 is 24.4 Å². The second kappa shape index (κ2) is 8.86. The van der Waals surface area contributed by atoms with Crippen LogP contribution in [0.15, 0.2) is 36.4 Å². The number of carbonyl (C=O) groups is 1. The van der Waals surface area contributed by atoms with Crippen molar-refractivity contribution < 1.29 is 22.7 Å². The first kappa shape index (κ1) is 22.2. The fourth-order valence-electron chi connectivity index (χ4n) is 4.14. The molecule has 0 saturated carbocycles. The third kappa shape index (κ3) is 4.07. The summed E-state index contributed by atoms with van der Waals surface area (Å²) in [6, 6.07) is 7.59. The molecule has 0 fully saturated rings. The number of halogens is 4. The van der Waals surface area contributed by atoms with Gasteiger partial charge in [0.2, 0.25) is 0 Å². The van der Waals surface area contributed by atoms with Gasteiger partial charge in [-0.1, -0.05) is 11.6 Å². The number of benzene rings is 2. The summed E-state index contributed by atoms with van der Waals surface area (Å²) in [5.74, 6) is -1.28. The fraction of sp³-hybridized carbons (Fsp3) is 0.304. The number of hydrogen-bond acceptors (Lipinski definition) is 3. The third-order valence-electron chi connectivity index (χ3n) is 5.55. The van der Waals surface area contributed by atoms with Crippen molar-refractivity contribution in [2.24, 2.45) is 7.05 Å². The lowest BCUT2D eigenvalue weighted by molar-refractivity contribution is 0.0673. The standard InChI is InChI=1S/C23H21ClF3N3O2/c1-13-21-18(22(29(2)28-21)14-9-15(26)11-16(27)10-14)5-7-30(13)23(31)19-12-17(32-8-6-25)3-4-20(19)24/h3-4,9-13H,5-8H2,1-2H3. The normalized spacial score (nSPS) is 15.6. The maximum Gasteiger partial charge on any atom is 0.256 e. The van der Waals surface area contributed by atoms with Gasteiger partial charge in [-0.25, -0.2) is 13.2 Å². The Kier molecular flexibility index (Phi) is 6.15. The van der Waals surface area contributed by atoms with Crippen LogP contribution in [0.1, 0.15) is 34.6 Å². The first-order chi connectivity index (χ1) is 15.3. The highest BCUT2D eigenvalue weighted by Gasteiger charge is 2.34. The zero-order chi connectivity index (χ0) is 23.0. The number of hydrogen-bond donors (Lipinski definition) is 0. The Labute approximate surface area is 188 Å². The molecule has 2 aromatic carbocycles. The summed E-state index contributed by atoms with van der Waals surface area (Å²) in [5.41, 5.74) is 2.78. The highest BCUT2D eigenvalue weighted by Crippen LogP contribution is 2.37. The van der Waals surface area contributed by atoms with Crippen molar-refractivity contribution in [1.29, 1.82) is 0 Å². The molecule has 2 heterocycles. The summed E-state index contributed by atoms with van der Waals surface area (Å²) in [4.78, 5) is 14.9. The molecule has 5 nitrogen and oxygen atoms in total. The van der Waals surface area contributed by atoms with E-state index in [4.69, 9.17) is 16.3 Å². The number of aryl methyl sites for hydroxylation is 1. The van der Waals surface area contributed by atoms with Gasteiger partial charge in [-0.05, 0) is 43.7 Å². The molecule has 0 saturated heterocycles. The van der Waals surface area contributed by atoms with Crippen molar-refractivity contribution >= 4 is 17.5 Å². The van der Waals surface area contributed by atoms with E-state index in [0.717, 1.165) is 11.6 Å². The van der Waals surface area contributed by atoms with Gasteiger partial charge < -0.3 is 9.64 Å². The van der Waals surface area contributed by atoms with E-state index in [-0.39, 0.29) is 23.1 Å². The highest BCUT2D eigenvalue weighted by atomic mass is 35.5. The lowest BCUT2D eigenvalue weighted by Crippen LogP contribution is -2.39. The average molecular weight is 464 g/mol. The zero-order valence-corrected chi connectivity index (χ0v) is 18.3. The molecule has 1 aliphatic rings. The Morgan fingerprint density at radius 3 is 2.62 bits per heavy atom. The molecule has 168 valence electrons. The molecule has 1 unspecified atom stereocenters. The molecule has 1 amide bonds. The van der Waals surface area contributed by atoms with E-state index >= 15 is 0 Å². The van der Waals surface area contributed by atoms with Crippen molar-refractivity contribution in [3.63, 3.8) is 0 Å². The van der Waals surface area contributed by atoms with Crippen LogP contribution in [-0.2, 0) is 13.5 Å². The SMILES string of the molecule is CC1c2nn(C)c(-c3cc(F)cc(F)c3)c2CCN1C(=O)c1cc(OCCF)ccc1Cl. The number of rotatable bonds is 5. The summed E-state index contributed by atoms with van der Waals surface area (Å²) in [7, 11) is 1.71. The van der Waals surface area contributed by atoms with Crippen LogP contribution in [0.5, 0.6) is 5.75 Å². The molecule has 0 bridgehead atoms. The van der Waals surface area contributed by atoms with Gasteiger partial charge in [-0.15, -0.1) is 0 Å². The third-order valence-corrected chi connectivity index (χ3v) is 5.88. The number of fused-ring (bicyclic) bond motifs is 1. The molecular formula is C23H21ClF3N3O2. The molecule has 0 radical (unpaired) electrons. The minimum atomic E-state index is -0.667. The maximum absolute atomic E-state index is 13.8. The van der Waals surface area contributed by atoms with E-state index in [1.54, 1.807) is 28.8 Å². The number of alkyl halides is 1. The van der Waals surface area contributed by atoms with Gasteiger partial charge in [-0.3, -0.25) is 9.48 Å². The number of amides is 1. The number of carbonyl (C=O) groups excluding carboxylic acids is 1. The monoisotopic (exact) mass is 463 g/mol. The van der Waals surface area contributed by atoms with Crippen LogP contribution in [-0.4, -0.2) is 40.4 Å². The Bertz CT molecular complexity index is 1160. The molecule has 0 aliphatic carbocycles. The van der Waals surface area contributed by atoms with Gasteiger partial charge in [-0.2, -0.15) is 5.10 Å². The highest BCUT2D eigenvalue weighted by molar-refractivity contribution is 6.33. The molecule has 1 aromatic heterocycles. The molecule has 0 spiro atoms. The Hall–Kier alpha value is -3.00. The average Bonchev–Trinajstić information content (AvgIpc) is 3.09. The minimum Gasteiger partial charge on any atom is -0.491 e. The van der Waals surface area contributed by atoms with Crippen LogP contribution in [0, 0.1) is 11.6 Å². The van der Waals surface area contributed by atoms with Crippen LogP contribution in [0.3, 0.4) is 0 Å². The van der Waals surface area contributed by atoms with E-state index in [9.17, 15) is 18.0 Å². The van der Waals surface area contributed by atoms with Crippen LogP contribution in [0.25, 0.3) is 11.3 Å². The van der Waals surface area contributed by atoms with Crippen LogP contribution < -0.4 is 4.74 Å². The van der Waals surface area contributed by atoms with E-state index in [2.05, 4.69) is 5.10 Å². The van der Waals surface area contributed by atoms with Crippen molar-refractivity contribution in [2.75, 3.05) is 19.8 Å². The maximum atomic E-state index is 13.8. The Balaban J connectivity index is 1.67. The van der Waals surface area contributed by atoms with Crippen molar-refractivity contribution in [3.05, 3.63) is 69.9 Å². The lowest BCUT2D eigenvalue weighted by atomic mass is 9.95. The zero-order valence-electron chi connectivity index (χ0n) is 17.5. The number of ether oxygens (including phenoxy) is 1. The second-order valence-electron chi connectivity index (χ2n) is 7.60. The Morgan fingerprint density at radius 2 is 1.94 bits per heavy atom. The van der Waals surface area contributed by atoms with E-state index in [1.165, 1.54) is 18.2 Å². The molecule has 9 heteroatoms. The molecule has 3 aromatic rings. The first-order valence-corrected chi connectivity index (χ1v) is 10.5. The van der Waals surface area contributed by atoms with Crippen LogP contribution in [0.4, 0.5) is 13.2 Å². The molecule has 32 heavy (non-hydrogen) atoms. The summed E-state index contributed by atoms with van der Waals surface area (Å²) in [5, 5.41) is 4.81. The largest absolute Gasteiger partial charge is 0.491 e. The van der Waals surface area contributed by atoms with E-state index in [1.807, 2.05) is 6.92 Å². The quantitative estimate of drug-likeness (QED) is 0.527. The predicted molar refractivity (Wildman–Crippen MR) is 115 cm³/mol. The fourth-order valence-corrected chi connectivity index (χ4v) is 4.34. The van der Waals surface area contributed by atoms with Gasteiger partial charge in [0, 0.05) is 30.8 Å². The molecule has 0 N–H and O–H groups in total.